The van der Waals surface area contributed by atoms with E-state index in [0.717, 1.165) is 5.69 Å². The summed E-state index contributed by atoms with van der Waals surface area (Å²) in [6.45, 7) is 3.95. The number of piperidine rings is 1. The van der Waals surface area contributed by atoms with Gasteiger partial charge in [0.15, 0.2) is 0 Å². The molecule has 1 fully saturated rings. The van der Waals surface area contributed by atoms with Gasteiger partial charge in [0.25, 0.3) is 12.3 Å². The summed E-state index contributed by atoms with van der Waals surface area (Å²) in [5.41, 5.74) is -1.39. The molecular weight excluding hydrogens is 373 g/mol. The Bertz CT molecular complexity index is 841. The number of nitrogens with zero attached hydrogens (tertiary/aromatic N) is 5. The van der Waals surface area contributed by atoms with Crippen molar-refractivity contribution in [2.75, 3.05) is 25.0 Å². The van der Waals surface area contributed by atoms with Crippen LogP contribution in [-0.4, -0.2) is 55.9 Å². The van der Waals surface area contributed by atoms with Crippen LogP contribution >= 0.6 is 0 Å². The number of aromatic nitrogens is 4. The van der Waals surface area contributed by atoms with Gasteiger partial charge in [-0.1, -0.05) is 0 Å². The second-order valence-electron chi connectivity index (χ2n) is 7.14. The molecule has 28 heavy (non-hydrogen) atoms. The second-order valence-corrected chi connectivity index (χ2v) is 7.14. The van der Waals surface area contributed by atoms with Crippen molar-refractivity contribution in [3.05, 3.63) is 35.0 Å². The summed E-state index contributed by atoms with van der Waals surface area (Å²) < 4.78 is 42.5. The molecule has 1 aliphatic heterocycles. The zero-order chi connectivity index (χ0) is 20.5. The predicted octanol–water partition coefficient (Wildman–Crippen LogP) is 2.82. The Morgan fingerprint density at radius 2 is 1.96 bits per heavy atom. The van der Waals surface area contributed by atoms with E-state index in [1.165, 1.54) is 22.8 Å². The highest BCUT2D eigenvalue weighted by Gasteiger charge is 2.37. The van der Waals surface area contributed by atoms with Crippen molar-refractivity contribution in [2.45, 2.75) is 38.8 Å². The number of anilines is 1. The molecule has 152 valence electrons. The van der Waals surface area contributed by atoms with Crippen LogP contribution in [0.4, 0.5) is 19.0 Å². The maximum Gasteiger partial charge on any atom is 0.282 e. The third kappa shape index (κ3) is 4.42. The molecular formula is C18H23F3N6O. The Hall–Kier alpha value is -2.65. The minimum atomic E-state index is -2.84. The predicted molar refractivity (Wildman–Crippen MR) is 97.1 cm³/mol. The van der Waals surface area contributed by atoms with E-state index in [-0.39, 0.29) is 38.0 Å². The first kappa shape index (κ1) is 20.1. The molecule has 3 heterocycles. The van der Waals surface area contributed by atoms with Crippen LogP contribution in [0.3, 0.4) is 0 Å². The zero-order valence-electron chi connectivity index (χ0n) is 16.0. The summed E-state index contributed by atoms with van der Waals surface area (Å²) >= 11 is 0. The maximum atomic E-state index is 15.1. The Balaban J connectivity index is 1.61. The molecule has 3 rings (SSSR count). The number of aryl methyl sites for hydroxylation is 3. The summed E-state index contributed by atoms with van der Waals surface area (Å²) in [6, 6.07) is 1.74. The van der Waals surface area contributed by atoms with Gasteiger partial charge in [0.1, 0.15) is 23.0 Å². The van der Waals surface area contributed by atoms with Gasteiger partial charge in [-0.25, -0.2) is 23.1 Å². The highest BCUT2D eigenvalue weighted by molar-refractivity contribution is 5.95. The Labute approximate surface area is 161 Å². The lowest BCUT2D eigenvalue weighted by Gasteiger charge is -2.36. The number of nitrogens with one attached hydrogen (secondary N) is 1. The van der Waals surface area contributed by atoms with Crippen LogP contribution in [0.15, 0.2) is 12.3 Å². The highest BCUT2D eigenvalue weighted by atomic mass is 19.3. The van der Waals surface area contributed by atoms with E-state index in [4.69, 9.17) is 0 Å². The molecule has 0 saturated carbocycles. The van der Waals surface area contributed by atoms with E-state index in [2.05, 4.69) is 20.4 Å². The normalized spacial score (nSPS) is 16.5. The first-order valence-corrected chi connectivity index (χ1v) is 9.03. The summed E-state index contributed by atoms with van der Waals surface area (Å²) in [7, 11) is 1.48. The molecule has 1 saturated heterocycles. The zero-order valence-corrected chi connectivity index (χ0v) is 16.0. The van der Waals surface area contributed by atoms with Crippen LogP contribution in [0.5, 0.6) is 0 Å². The van der Waals surface area contributed by atoms with Gasteiger partial charge in [-0.15, -0.1) is 0 Å². The van der Waals surface area contributed by atoms with Crippen molar-refractivity contribution >= 4 is 11.7 Å². The number of hydrogen-bond acceptors (Lipinski definition) is 5. The van der Waals surface area contributed by atoms with Crippen LogP contribution in [0.25, 0.3) is 0 Å². The number of amides is 1. The van der Waals surface area contributed by atoms with Crippen molar-refractivity contribution in [3.8, 4) is 0 Å². The van der Waals surface area contributed by atoms with Crippen LogP contribution in [-0.2, 0) is 7.05 Å². The van der Waals surface area contributed by atoms with Crippen molar-refractivity contribution < 1.29 is 18.0 Å². The molecule has 1 N–H and O–H groups in total. The summed E-state index contributed by atoms with van der Waals surface area (Å²) in [4.78, 5) is 22.4. The molecule has 0 bridgehead atoms. The van der Waals surface area contributed by atoms with Gasteiger partial charge in [-0.05, 0) is 13.8 Å². The quantitative estimate of drug-likeness (QED) is 0.841. The average Bonchev–Trinajstić information content (AvgIpc) is 3.02. The van der Waals surface area contributed by atoms with Crippen LogP contribution in [0.1, 0.15) is 46.8 Å². The van der Waals surface area contributed by atoms with E-state index in [9.17, 15) is 13.6 Å². The number of carbonyl (C=O) groups is 1. The largest absolute Gasteiger partial charge is 0.367 e. The van der Waals surface area contributed by atoms with Crippen LogP contribution in [0, 0.1) is 13.8 Å². The Morgan fingerprint density at radius 3 is 2.57 bits per heavy atom. The fourth-order valence-corrected chi connectivity index (χ4v) is 3.35. The van der Waals surface area contributed by atoms with E-state index in [1.54, 1.807) is 13.0 Å². The van der Waals surface area contributed by atoms with Gasteiger partial charge in [0, 0.05) is 50.9 Å². The fourth-order valence-electron chi connectivity index (χ4n) is 3.35. The second kappa shape index (κ2) is 7.76. The smallest absolute Gasteiger partial charge is 0.282 e. The lowest BCUT2D eigenvalue weighted by atomic mass is 9.92. The number of alkyl halides is 3. The van der Waals surface area contributed by atoms with Gasteiger partial charge >= 0.3 is 0 Å². The molecule has 7 nitrogen and oxygen atoms in total. The molecule has 2 aromatic rings. The molecule has 0 unspecified atom stereocenters. The summed E-state index contributed by atoms with van der Waals surface area (Å²) in [5, 5.41) is 6.65. The monoisotopic (exact) mass is 396 g/mol. The van der Waals surface area contributed by atoms with Gasteiger partial charge in [-0.2, -0.15) is 5.10 Å². The average molecular weight is 396 g/mol. The molecule has 2 aromatic heterocycles. The highest BCUT2D eigenvalue weighted by Crippen LogP contribution is 2.29. The maximum absolute atomic E-state index is 15.1. The van der Waals surface area contributed by atoms with E-state index in [0.29, 0.717) is 11.6 Å². The lowest BCUT2D eigenvalue weighted by molar-refractivity contribution is 0.0476. The SMILES string of the molecule is Cc1cc(NCC2(F)CCN(C(=O)c3cn(C)nc3C(F)F)CC2)nc(C)n1. The van der Waals surface area contributed by atoms with Crippen molar-refractivity contribution in [2.24, 2.45) is 7.05 Å². The Kier molecular flexibility index (Phi) is 5.57. The number of likely N-dealkylation sites (tertiary alicyclic amines) is 1. The molecule has 0 atom stereocenters. The van der Waals surface area contributed by atoms with E-state index >= 15 is 4.39 Å². The third-order valence-corrected chi connectivity index (χ3v) is 4.79. The van der Waals surface area contributed by atoms with Crippen LogP contribution in [0.2, 0.25) is 0 Å². The fraction of sp³-hybridized carbons (Fsp3) is 0.556. The molecule has 0 spiro atoms. The van der Waals surface area contributed by atoms with Crippen molar-refractivity contribution in [3.63, 3.8) is 0 Å². The van der Waals surface area contributed by atoms with Gasteiger partial charge in [-0.3, -0.25) is 9.48 Å². The van der Waals surface area contributed by atoms with Crippen molar-refractivity contribution in [1.82, 2.24) is 24.6 Å². The van der Waals surface area contributed by atoms with Gasteiger partial charge in [0.2, 0.25) is 0 Å². The minimum Gasteiger partial charge on any atom is -0.367 e. The van der Waals surface area contributed by atoms with E-state index < -0.39 is 23.7 Å². The first-order chi connectivity index (χ1) is 13.2. The lowest BCUT2D eigenvalue weighted by Crippen LogP contribution is -2.47. The van der Waals surface area contributed by atoms with Crippen molar-refractivity contribution in [1.29, 1.82) is 0 Å². The number of carbonyl (C=O) groups excluding carboxylic acids is 1. The number of rotatable bonds is 5. The van der Waals surface area contributed by atoms with Crippen LogP contribution < -0.4 is 5.32 Å². The minimum absolute atomic E-state index is 0.0557. The van der Waals surface area contributed by atoms with Gasteiger partial charge in [0.05, 0.1) is 12.1 Å². The molecule has 1 amide bonds. The number of halogens is 3. The molecule has 0 aliphatic carbocycles. The summed E-state index contributed by atoms with van der Waals surface area (Å²) in [5.74, 6) is 0.611. The van der Waals surface area contributed by atoms with E-state index in [1.807, 2.05) is 6.92 Å². The first-order valence-electron chi connectivity index (χ1n) is 9.03. The standard InChI is InChI=1S/C18H23F3N6O/c1-11-8-14(24-12(2)23-11)22-10-18(21)4-6-27(7-5-18)17(28)13-9-26(3)25-15(13)16(19)20/h8-9,16H,4-7,10H2,1-3H3,(H,22,23,24). The molecule has 0 aromatic carbocycles. The molecule has 10 heteroatoms. The molecule has 1 aliphatic rings. The summed E-state index contributed by atoms with van der Waals surface area (Å²) in [6.07, 6.45) is -1.34. The Morgan fingerprint density at radius 1 is 1.29 bits per heavy atom. The third-order valence-electron chi connectivity index (χ3n) is 4.79. The topological polar surface area (TPSA) is 75.9 Å². The molecule has 0 radical (unpaired) electrons. The van der Waals surface area contributed by atoms with Gasteiger partial charge < -0.3 is 10.2 Å². The number of hydrogen-bond donors (Lipinski definition) is 1.